The molecule has 2 N–H and O–H groups in total. The molecule has 1 aliphatic rings. The highest BCUT2D eigenvalue weighted by molar-refractivity contribution is 7.80. The van der Waals surface area contributed by atoms with Gasteiger partial charge in [0.15, 0.2) is 5.11 Å². The zero-order valence-corrected chi connectivity index (χ0v) is 12.4. The van der Waals surface area contributed by atoms with Gasteiger partial charge in [-0.2, -0.15) is 0 Å². The zero-order chi connectivity index (χ0) is 13.8. The van der Waals surface area contributed by atoms with E-state index in [4.69, 9.17) is 12.2 Å². The fraction of sp³-hybridized carbons (Fsp3) is 0.533. The van der Waals surface area contributed by atoms with E-state index in [2.05, 4.69) is 10.6 Å². The molecule has 0 aromatic heterocycles. The lowest BCUT2D eigenvalue weighted by molar-refractivity contribution is 0.607. The van der Waals surface area contributed by atoms with Gasteiger partial charge in [-0.15, -0.1) is 0 Å². The van der Waals surface area contributed by atoms with Crippen LogP contribution in [0, 0.1) is 19.7 Å². The molecule has 1 aromatic carbocycles. The van der Waals surface area contributed by atoms with Crippen LogP contribution in [0.3, 0.4) is 0 Å². The van der Waals surface area contributed by atoms with Crippen LogP contribution >= 0.6 is 12.2 Å². The molecular weight excluding hydrogens is 259 g/mol. The first-order valence-corrected chi connectivity index (χ1v) is 7.27. The smallest absolute Gasteiger partial charge is 0.166 e. The van der Waals surface area contributed by atoms with Gasteiger partial charge < -0.3 is 10.6 Å². The second-order valence-corrected chi connectivity index (χ2v) is 5.76. The van der Waals surface area contributed by atoms with Gasteiger partial charge in [0, 0.05) is 12.6 Å². The molecule has 1 saturated carbocycles. The Balaban J connectivity index is 1.86. The first-order chi connectivity index (χ1) is 9.06. The van der Waals surface area contributed by atoms with E-state index in [1.807, 2.05) is 12.1 Å². The Hall–Kier alpha value is -1.16. The van der Waals surface area contributed by atoms with Gasteiger partial charge in [-0.3, -0.25) is 0 Å². The number of hydrogen-bond donors (Lipinski definition) is 2. The Bertz CT molecular complexity index is 444. The van der Waals surface area contributed by atoms with Crippen molar-refractivity contribution in [2.75, 3.05) is 0 Å². The Labute approximate surface area is 119 Å². The first kappa shape index (κ1) is 14.3. The third-order valence-electron chi connectivity index (χ3n) is 3.64. The van der Waals surface area contributed by atoms with E-state index < -0.39 is 0 Å². The number of benzene rings is 1. The van der Waals surface area contributed by atoms with E-state index in [1.165, 1.54) is 25.7 Å². The summed E-state index contributed by atoms with van der Waals surface area (Å²) in [6.45, 7) is 4.22. The van der Waals surface area contributed by atoms with Gasteiger partial charge in [-0.05, 0) is 55.6 Å². The quantitative estimate of drug-likeness (QED) is 0.830. The molecule has 2 nitrogen and oxygen atoms in total. The maximum absolute atomic E-state index is 13.5. The summed E-state index contributed by atoms with van der Waals surface area (Å²) in [5.41, 5.74) is 2.44. The number of hydrogen-bond acceptors (Lipinski definition) is 1. The van der Waals surface area contributed by atoms with E-state index in [-0.39, 0.29) is 5.82 Å². The lowest BCUT2D eigenvalue weighted by Gasteiger charge is -2.16. The molecule has 2 rings (SSSR count). The highest BCUT2D eigenvalue weighted by Gasteiger charge is 2.15. The molecule has 0 amide bonds. The van der Waals surface area contributed by atoms with Crippen LogP contribution in [0.25, 0.3) is 0 Å². The van der Waals surface area contributed by atoms with Gasteiger partial charge in [0.05, 0.1) is 0 Å². The first-order valence-electron chi connectivity index (χ1n) is 6.86. The number of rotatable bonds is 3. The van der Waals surface area contributed by atoms with Crippen molar-refractivity contribution in [3.8, 4) is 0 Å². The van der Waals surface area contributed by atoms with Gasteiger partial charge in [0.2, 0.25) is 0 Å². The van der Waals surface area contributed by atoms with Crippen LogP contribution in [0.15, 0.2) is 12.1 Å². The van der Waals surface area contributed by atoms with E-state index in [1.54, 1.807) is 13.8 Å². The Morgan fingerprint density at radius 2 is 1.84 bits per heavy atom. The van der Waals surface area contributed by atoms with Gasteiger partial charge in [-0.25, -0.2) is 4.39 Å². The molecule has 0 bridgehead atoms. The number of halogens is 1. The SMILES string of the molecule is Cc1cc(CNC(=S)NC2CCCC2)cc(C)c1F. The molecule has 0 spiro atoms. The molecule has 0 unspecified atom stereocenters. The van der Waals surface area contributed by atoms with E-state index in [9.17, 15) is 4.39 Å². The van der Waals surface area contributed by atoms with Crippen molar-refractivity contribution in [1.82, 2.24) is 10.6 Å². The molecule has 4 heteroatoms. The zero-order valence-electron chi connectivity index (χ0n) is 11.6. The fourth-order valence-electron chi connectivity index (χ4n) is 2.63. The van der Waals surface area contributed by atoms with Crippen molar-refractivity contribution in [2.45, 2.75) is 52.1 Å². The molecule has 1 fully saturated rings. The van der Waals surface area contributed by atoms with E-state index >= 15 is 0 Å². The molecule has 1 aromatic rings. The van der Waals surface area contributed by atoms with Gasteiger partial charge in [0.25, 0.3) is 0 Å². The summed E-state index contributed by atoms with van der Waals surface area (Å²) in [5, 5.41) is 7.23. The summed E-state index contributed by atoms with van der Waals surface area (Å²) in [5.74, 6) is -0.115. The third kappa shape index (κ3) is 3.90. The van der Waals surface area contributed by atoms with Gasteiger partial charge in [-0.1, -0.05) is 25.0 Å². The Kier molecular flexibility index (Phi) is 4.75. The van der Waals surface area contributed by atoms with Gasteiger partial charge >= 0.3 is 0 Å². The largest absolute Gasteiger partial charge is 0.360 e. The monoisotopic (exact) mass is 280 g/mol. The summed E-state index contributed by atoms with van der Waals surface area (Å²) in [6.07, 6.45) is 4.99. The summed E-state index contributed by atoms with van der Waals surface area (Å²) >= 11 is 5.28. The van der Waals surface area contributed by atoms with Crippen molar-refractivity contribution in [3.63, 3.8) is 0 Å². The van der Waals surface area contributed by atoms with Gasteiger partial charge in [0.1, 0.15) is 5.82 Å². The summed E-state index contributed by atoms with van der Waals surface area (Å²) < 4.78 is 13.5. The number of thiocarbonyl (C=S) groups is 1. The third-order valence-corrected chi connectivity index (χ3v) is 3.90. The Morgan fingerprint density at radius 3 is 2.42 bits per heavy atom. The minimum atomic E-state index is -0.115. The molecule has 19 heavy (non-hydrogen) atoms. The average molecular weight is 280 g/mol. The van der Waals surface area contributed by atoms with E-state index in [0.29, 0.717) is 28.8 Å². The average Bonchev–Trinajstić information content (AvgIpc) is 2.86. The maximum atomic E-state index is 13.5. The van der Waals surface area contributed by atoms with Crippen LogP contribution in [0.1, 0.15) is 42.4 Å². The van der Waals surface area contributed by atoms with Crippen molar-refractivity contribution < 1.29 is 4.39 Å². The van der Waals surface area contributed by atoms with Crippen LogP contribution in [0.4, 0.5) is 4.39 Å². The maximum Gasteiger partial charge on any atom is 0.166 e. The standard InChI is InChI=1S/C15H21FN2S/c1-10-7-12(8-11(2)14(10)16)9-17-15(19)18-13-5-3-4-6-13/h7-8,13H,3-6,9H2,1-2H3,(H2,17,18,19). The summed E-state index contributed by atoms with van der Waals surface area (Å²) in [4.78, 5) is 0. The highest BCUT2D eigenvalue weighted by Crippen LogP contribution is 2.17. The van der Waals surface area contributed by atoms with Crippen molar-refractivity contribution >= 4 is 17.3 Å². The highest BCUT2D eigenvalue weighted by atomic mass is 32.1. The Morgan fingerprint density at radius 1 is 1.26 bits per heavy atom. The topological polar surface area (TPSA) is 24.1 Å². The normalized spacial score (nSPS) is 15.5. The molecule has 0 saturated heterocycles. The molecule has 104 valence electrons. The molecule has 0 aliphatic heterocycles. The predicted molar refractivity (Wildman–Crippen MR) is 80.7 cm³/mol. The van der Waals surface area contributed by atoms with Crippen LogP contribution < -0.4 is 10.6 Å². The van der Waals surface area contributed by atoms with Crippen LogP contribution in [0.2, 0.25) is 0 Å². The predicted octanol–water partition coefficient (Wildman–Crippen LogP) is 3.35. The summed E-state index contributed by atoms with van der Waals surface area (Å²) in [7, 11) is 0. The fourth-order valence-corrected chi connectivity index (χ4v) is 2.87. The number of aryl methyl sites for hydroxylation is 2. The van der Waals surface area contributed by atoms with E-state index in [0.717, 1.165) is 5.56 Å². The molecule has 0 atom stereocenters. The minimum absolute atomic E-state index is 0.115. The molecule has 0 heterocycles. The second-order valence-electron chi connectivity index (χ2n) is 5.35. The van der Waals surface area contributed by atoms with Crippen LogP contribution in [-0.4, -0.2) is 11.2 Å². The lowest BCUT2D eigenvalue weighted by Crippen LogP contribution is -2.40. The molecular formula is C15H21FN2S. The molecule has 0 radical (unpaired) electrons. The lowest BCUT2D eigenvalue weighted by atomic mass is 10.1. The minimum Gasteiger partial charge on any atom is -0.360 e. The van der Waals surface area contributed by atoms with Crippen molar-refractivity contribution in [2.24, 2.45) is 0 Å². The molecule has 1 aliphatic carbocycles. The summed E-state index contributed by atoms with van der Waals surface area (Å²) in [6, 6.07) is 4.26. The van der Waals surface area contributed by atoms with Crippen molar-refractivity contribution in [3.05, 3.63) is 34.6 Å². The number of nitrogens with one attached hydrogen (secondary N) is 2. The van der Waals surface area contributed by atoms with Crippen LogP contribution in [-0.2, 0) is 6.54 Å². The second kappa shape index (κ2) is 6.33. The van der Waals surface area contributed by atoms with Crippen molar-refractivity contribution in [1.29, 1.82) is 0 Å². The van der Waals surface area contributed by atoms with Crippen LogP contribution in [0.5, 0.6) is 0 Å².